The third-order valence-corrected chi connectivity index (χ3v) is 6.38. The van der Waals surface area contributed by atoms with Crippen molar-refractivity contribution in [1.29, 1.82) is 0 Å². The fourth-order valence-electron chi connectivity index (χ4n) is 5.26. The van der Waals surface area contributed by atoms with Crippen LogP contribution in [0.1, 0.15) is 33.4 Å². The Morgan fingerprint density at radius 3 is 1.50 bits per heavy atom. The standard InChI is InChI=1S/C27H21N/c1-17-11-13-25-23(15-17)27(24-16-18(2)12-14-26(24)28-25)21-9-5-3-7-19(21)20-8-4-6-10-22(20)27/h3-16,28H,1-2H3. The SMILES string of the molecule is Cc1ccc2c(c1)C1(c3cc(C)ccc3N2)c2ccccc2-c2ccccc21. The maximum atomic E-state index is 3.71. The molecule has 134 valence electrons. The molecule has 0 aromatic heterocycles. The molecule has 0 fully saturated rings. The number of aryl methyl sites for hydroxylation is 2. The van der Waals surface area contributed by atoms with Gasteiger partial charge in [0.1, 0.15) is 0 Å². The van der Waals surface area contributed by atoms with Gasteiger partial charge in [0.15, 0.2) is 0 Å². The monoisotopic (exact) mass is 359 g/mol. The van der Waals surface area contributed by atoms with Gasteiger partial charge < -0.3 is 5.32 Å². The summed E-state index contributed by atoms with van der Waals surface area (Å²) in [5.74, 6) is 0. The van der Waals surface area contributed by atoms with Crippen LogP contribution in [0.4, 0.5) is 11.4 Å². The van der Waals surface area contributed by atoms with E-state index in [-0.39, 0.29) is 5.41 Å². The van der Waals surface area contributed by atoms with Crippen molar-refractivity contribution < 1.29 is 0 Å². The maximum Gasteiger partial charge on any atom is 0.0754 e. The van der Waals surface area contributed by atoms with Crippen molar-refractivity contribution in [2.45, 2.75) is 19.3 Å². The summed E-state index contributed by atoms with van der Waals surface area (Å²) in [6.45, 7) is 4.37. The Hall–Kier alpha value is -3.32. The highest BCUT2D eigenvalue weighted by atomic mass is 14.9. The molecule has 1 aliphatic carbocycles. The molecule has 0 saturated carbocycles. The van der Waals surface area contributed by atoms with E-state index in [0.717, 1.165) is 0 Å². The van der Waals surface area contributed by atoms with Crippen molar-refractivity contribution in [3.63, 3.8) is 0 Å². The first-order valence-electron chi connectivity index (χ1n) is 9.88. The zero-order valence-corrected chi connectivity index (χ0v) is 16.1. The summed E-state index contributed by atoms with van der Waals surface area (Å²) in [6.07, 6.45) is 0. The molecule has 4 aromatic rings. The third kappa shape index (κ3) is 1.81. The van der Waals surface area contributed by atoms with Gasteiger partial charge in [0, 0.05) is 11.4 Å². The zero-order valence-electron chi connectivity index (χ0n) is 16.1. The summed E-state index contributed by atoms with van der Waals surface area (Å²) in [7, 11) is 0. The van der Waals surface area contributed by atoms with Gasteiger partial charge in [0.05, 0.1) is 5.41 Å². The average Bonchev–Trinajstić information content (AvgIpc) is 3.01. The van der Waals surface area contributed by atoms with Crippen LogP contribution in [0.15, 0.2) is 84.9 Å². The number of benzene rings is 4. The predicted octanol–water partition coefficient (Wildman–Crippen LogP) is 6.72. The van der Waals surface area contributed by atoms with E-state index in [1.807, 2.05) is 0 Å². The number of hydrogen-bond donors (Lipinski definition) is 1. The van der Waals surface area contributed by atoms with Crippen LogP contribution in [0.5, 0.6) is 0 Å². The van der Waals surface area contributed by atoms with Crippen LogP contribution in [-0.4, -0.2) is 0 Å². The third-order valence-electron chi connectivity index (χ3n) is 6.38. The number of hydrogen-bond acceptors (Lipinski definition) is 1. The van der Waals surface area contributed by atoms with Gasteiger partial charge in [-0.2, -0.15) is 0 Å². The Labute approximate surface area is 165 Å². The molecule has 1 N–H and O–H groups in total. The smallest absolute Gasteiger partial charge is 0.0754 e. The molecule has 0 atom stereocenters. The van der Waals surface area contributed by atoms with E-state index in [9.17, 15) is 0 Å². The van der Waals surface area contributed by atoms with Crippen LogP contribution >= 0.6 is 0 Å². The van der Waals surface area contributed by atoms with Gasteiger partial charge in [0.2, 0.25) is 0 Å². The summed E-state index contributed by atoms with van der Waals surface area (Å²) in [5, 5.41) is 3.71. The summed E-state index contributed by atoms with van der Waals surface area (Å²) < 4.78 is 0. The quantitative estimate of drug-likeness (QED) is 0.317. The summed E-state index contributed by atoms with van der Waals surface area (Å²) in [5.41, 5.74) is 12.9. The molecular formula is C27H21N. The van der Waals surface area contributed by atoms with Gasteiger partial charge in [-0.1, -0.05) is 83.9 Å². The van der Waals surface area contributed by atoms with Crippen molar-refractivity contribution in [3.8, 4) is 11.1 Å². The van der Waals surface area contributed by atoms with Crippen LogP contribution in [0, 0.1) is 13.8 Å². The fraction of sp³-hybridized carbons (Fsp3) is 0.111. The molecule has 1 nitrogen and oxygen atoms in total. The number of rotatable bonds is 0. The lowest BCUT2D eigenvalue weighted by molar-refractivity contribution is 0.761. The lowest BCUT2D eigenvalue weighted by Crippen LogP contribution is -2.33. The second kappa shape index (κ2) is 5.36. The van der Waals surface area contributed by atoms with Crippen molar-refractivity contribution in [1.82, 2.24) is 0 Å². The summed E-state index contributed by atoms with van der Waals surface area (Å²) in [6, 6.07) is 31.5. The molecule has 0 bridgehead atoms. The highest BCUT2D eigenvalue weighted by Gasteiger charge is 2.49. The molecule has 0 saturated heterocycles. The van der Waals surface area contributed by atoms with Crippen LogP contribution < -0.4 is 5.32 Å². The molecule has 0 amide bonds. The largest absolute Gasteiger partial charge is 0.355 e. The summed E-state index contributed by atoms with van der Waals surface area (Å²) >= 11 is 0. The van der Waals surface area contributed by atoms with E-state index in [1.54, 1.807) is 0 Å². The second-order valence-corrected chi connectivity index (χ2v) is 8.06. The van der Waals surface area contributed by atoms with Gasteiger partial charge in [-0.25, -0.2) is 0 Å². The molecule has 1 aliphatic heterocycles. The Bertz CT molecular complexity index is 1170. The molecule has 0 unspecified atom stereocenters. The predicted molar refractivity (Wildman–Crippen MR) is 117 cm³/mol. The number of fused-ring (bicyclic) bond motifs is 9. The minimum Gasteiger partial charge on any atom is -0.355 e. The first-order valence-corrected chi connectivity index (χ1v) is 9.88. The van der Waals surface area contributed by atoms with Crippen molar-refractivity contribution in [2.24, 2.45) is 0 Å². The minimum atomic E-state index is -0.277. The number of nitrogens with one attached hydrogen (secondary N) is 1. The normalized spacial score (nSPS) is 14.6. The van der Waals surface area contributed by atoms with Crippen molar-refractivity contribution in [3.05, 3.63) is 118 Å². The van der Waals surface area contributed by atoms with E-state index < -0.39 is 0 Å². The molecular weight excluding hydrogens is 338 g/mol. The lowest BCUT2D eigenvalue weighted by atomic mass is 9.64. The Morgan fingerprint density at radius 2 is 1.00 bits per heavy atom. The molecule has 4 aromatic carbocycles. The molecule has 0 radical (unpaired) electrons. The van der Waals surface area contributed by atoms with E-state index in [0.29, 0.717) is 0 Å². The molecule has 1 heterocycles. The minimum absolute atomic E-state index is 0.277. The van der Waals surface area contributed by atoms with Crippen molar-refractivity contribution in [2.75, 3.05) is 5.32 Å². The van der Waals surface area contributed by atoms with E-state index in [4.69, 9.17) is 0 Å². The average molecular weight is 359 g/mol. The highest BCUT2D eigenvalue weighted by molar-refractivity contribution is 5.92. The molecule has 1 heteroatoms. The maximum absolute atomic E-state index is 3.71. The molecule has 1 spiro atoms. The van der Waals surface area contributed by atoms with Crippen LogP contribution in [0.25, 0.3) is 11.1 Å². The summed E-state index contributed by atoms with van der Waals surface area (Å²) in [4.78, 5) is 0. The molecule has 28 heavy (non-hydrogen) atoms. The molecule has 6 rings (SSSR count). The fourth-order valence-corrected chi connectivity index (χ4v) is 5.26. The van der Waals surface area contributed by atoms with Crippen LogP contribution in [0.3, 0.4) is 0 Å². The lowest BCUT2D eigenvalue weighted by Gasteiger charge is -2.40. The van der Waals surface area contributed by atoms with Crippen molar-refractivity contribution >= 4 is 11.4 Å². The number of anilines is 2. The highest BCUT2D eigenvalue weighted by Crippen LogP contribution is 2.60. The molecule has 2 aliphatic rings. The van der Waals surface area contributed by atoms with E-state index in [1.165, 1.54) is 55.9 Å². The van der Waals surface area contributed by atoms with Crippen LogP contribution in [0.2, 0.25) is 0 Å². The Kier molecular flexibility index (Phi) is 3.01. The zero-order chi connectivity index (χ0) is 18.9. The Balaban J connectivity index is 1.86. The topological polar surface area (TPSA) is 12.0 Å². The van der Waals surface area contributed by atoms with Gasteiger partial charge in [-0.05, 0) is 59.4 Å². The van der Waals surface area contributed by atoms with Gasteiger partial charge in [0.25, 0.3) is 0 Å². The second-order valence-electron chi connectivity index (χ2n) is 8.06. The van der Waals surface area contributed by atoms with E-state index in [2.05, 4.69) is 104 Å². The van der Waals surface area contributed by atoms with Gasteiger partial charge >= 0.3 is 0 Å². The first-order chi connectivity index (χ1) is 13.7. The van der Waals surface area contributed by atoms with Crippen LogP contribution in [-0.2, 0) is 5.41 Å². The van der Waals surface area contributed by atoms with E-state index >= 15 is 0 Å². The Morgan fingerprint density at radius 1 is 0.536 bits per heavy atom. The van der Waals surface area contributed by atoms with Gasteiger partial charge in [-0.15, -0.1) is 0 Å². The first kappa shape index (κ1) is 15.7. The van der Waals surface area contributed by atoms with Gasteiger partial charge in [-0.3, -0.25) is 0 Å².